The average Bonchev–Trinajstić information content (AvgIpc) is 3.29. The molecule has 0 bridgehead atoms. The van der Waals surface area contributed by atoms with Crippen molar-refractivity contribution in [2.75, 3.05) is 13.2 Å². The van der Waals surface area contributed by atoms with Crippen LogP contribution in [0.2, 0.25) is 0 Å². The van der Waals surface area contributed by atoms with Crippen LogP contribution in [0, 0.1) is 0 Å². The topological polar surface area (TPSA) is 95.9 Å². The van der Waals surface area contributed by atoms with Gasteiger partial charge in [-0.1, -0.05) is 263 Å². The molecule has 0 heterocycles. The summed E-state index contributed by atoms with van der Waals surface area (Å²) in [6.45, 7) is 4.92. The third-order valence-electron chi connectivity index (χ3n) is 13.3. The van der Waals surface area contributed by atoms with Crippen LogP contribution in [0.3, 0.4) is 0 Å². The number of carbonyl (C=O) groups excluding carboxylic acids is 2. The van der Waals surface area contributed by atoms with E-state index in [4.69, 9.17) is 4.74 Å². The molecule has 0 aromatic carbocycles. The zero-order valence-electron chi connectivity index (χ0n) is 43.0. The van der Waals surface area contributed by atoms with Crippen molar-refractivity contribution in [2.45, 2.75) is 321 Å². The second-order valence-electron chi connectivity index (χ2n) is 19.6. The molecule has 0 aromatic heterocycles. The number of rotatable bonds is 53. The third-order valence-corrected chi connectivity index (χ3v) is 13.3. The number of nitrogens with one attached hydrogen (secondary N) is 1. The molecule has 1 amide bonds. The molecule has 0 spiro atoms. The van der Waals surface area contributed by atoms with Crippen molar-refractivity contribution in [1.82, 2.24) is 5.32 Å². The summed E-state index contributed by atoms with van der Waals surface area (Å²) in [7, 11) is 0. The minimum atomic E-state index is -0.663. The highest BCUT2D eigenvalue weighted by molar-refractivity contribution is 5.76. The molecule has 0 saturated carbocycles. The zero-order valence-corrected chi connectivity index (χ0v) is 43.0. The molecule has 0 aliphatic rings. The summed E-state index contributed by atoms with van der Waals surface area (Å²) in [5, 5.41) is 23.2. The van der Waals surface area contributed by atoms with Gasteiger partial charge in [0.15, 0.2) is 0 Å². The molecule has 6 nitrogen and oxygen atoms in total. The van der Waals surface area contributed by atoms with Gasteiger partial charge in [0.2, 0.25) is 5.91 Å². The van der Waals surface area contributed by atoms with Gasteiger partial charge in [-0.25, -0.2) is 0 Å². The molecule has 378 valence electrons. The molecule has 0 radical (unpaired) electrons. The van der Waals surface area contributed by atoms with E-state index in [0.717, 1.165) is 51.4 Å². The van der Waals surface area contributed by atoms with Gasteiger partial charge in [0, 0.05) is 12.8 Å². The first-order valence-corrected chi connectivity index (χ1v) is 28.6. The molecular formula is C58H111NO5. The molecule has 0 rings (SSSR count). The highest BCUT2D eigenvalue weighted by atomic mass is 16.5. The number of aliphatic hydroxyl groups excluding tert-OH is 2. The third kappa shape index (κ3) is 49.8. The second-order valence-corrected chi connectivity index (χ2v) is 19.6. The van der Waals surface area contributed by atoms with Crippen molar-refractivity contribution in [2.24, 2.45) is 0 Å². The minimum absolute atomic E-state index is 0.00200. The van der Waals surface area contributed by atoms with Crippen LogP contribution in [0.15, 0.2) is 24.3 Å². The fourth-order valence-corrected chi connectivity index (χ4v) is 8.85. The molecule has 2 atom stereocenters. The Balaban J connectivity index is 3.37. The standard InChI is InChI=1S/C58H111NO5/c1-3-5-7-9-11-13-15-16-24-28-32-36-40-44-48-52-58(63)64-53-49-45-41-37-33-29-26-23-21-19-17-18-20-22-25-27-31-35-39-43-47-51-57(62)59-55(54-60)56(61)50-46-42-38-34-30-14-12-10-8-6-4-2/h11,13,16,24,55-56,60-61H,3-10,12,14-15,17-23,25-54H2,1-2H3,(H,59,62)/b13-11-,24-16-. The van der Waals surface area contributed by atoms with E-state index >= 15 is 0 Å². The van der Waals surface area contributed by atoms with Crippen LogP contribution in [-0.4, -0.2) is 47.4 Å². The number of ether oxygens (including phenoxy) is 1. The van der Waals surface area contributed by atoms with Crippen molar-refractivity contribution in [1.29, 1.82) is 0 Å². The highest BCUT2D eigenvalue weighted by Crippen LogP contribution is 2.17. The van der Waals surface area contributed by atoms with E-state index in [0.29, 0.717) is 25.9 Å². The first-order valence-electron chi connectivity index (χ1n) is 28.6. The SMILES string of the molecule is CCCCC/C=C\C/C=C\CCCCCCCC(=O)OCCCCCCCCCCCCCCCCCCCCCCCC(=O)NC(CO)C(O)CCCCCCCCCCCCC. The minimum Gasteiger partial charge on any atom is -0.466 e. The number of allylic oxidation sites excluding steroid dienone is 4. The van der Waals surface area contributed by atoms with Gasteiger partial charge >= 0.3 is 5.97 Å². The summed E-state index contributed by atoms with van der Waals surface area (Å²) < 4.78 is 5.47. The smallest absolute Gasteiger partial charge is 0.305 e. The van der Waals surface area contributed by atoms with Crippen molar-refractivity contribution in [3.8, 4) is 0 Å². The maximum atomic E-state index is 12.4. The monoisotopic (exact) mass is 902 g/mol. The van der Waals surface area contributed by atoms with Gasteiger partial charge in [-0.2, -0.15) is 0 Å². The Hall–Kier alpha value is -1.66. The molecule has 64 heavy (non-hydrogen) atoms. The number of esters is 1. The number of carbonyl (C=O) groups is 2. The second kappa shape index (κ2) is 54.0. The fourth-order valence-electron chi connectivity index (χ4n) is 8.85. The number of hydrogen-bond acceptors (Lipinski definition) is 5. The van der Waals surface area contributed by atoms with Gasteiger partial charge < -0.3 is 20.3 Å². The van der Waals surface area contributed by atoms with E-state index in [1.807, 2.05) is 0 Å². The highest BCUT2D eigenvalue weighted by Gasteiger charge is 2.20. The fraction of sp³-hybridized carbons (Fsp3) is 0.897. The lowest BCUT2D eigenvalue weighted by atomic mass is 10.0. The van der Waals surface area contributed by atoms with E-state index in [1.54, 1.807) is 0 Å². The Morgan fingerprint density at radius 3 is 1.22 bits per heavy atom. The lowest BCUT2D eigenvalue weighted by Gasteiger charge is -2.22. The van der Waals surface area contributed by atoms with Crippen LogP contribution < -0.4 is 5.32 Å². The van der Waals surface area contributed by atoms with E-state index in [-0.39, 0.29) is 18.5 Å². The van der Waals surface area contributed by atoms with Crippen LogP contribution in [-0.2, 0) is 14.3 Å². The first-order chi connectivity index (χ1) is 31.5. The van der Waals surface area contributed by atoms with Crippen LogP contribution in [0.5, 0.6) is 0 Å². The number of hydrogen-bond donors (Lipinski definition) is 3. The van der Waals surface area contributed by atoms with Crippen molar-refractivity contribution < 1.29 is 24.5 Å². The number of aliphatic hydroxyl groups is 2. The molecule has 3 N–H and O–H groups in total. The summed E-state index contributed by atoms with van der Waals surface area (Å²) in [5.74, 6) is -0.0387. The van der Waals surface area contributed by atoms with E-state index in [1.165, 1.54) is 225 Å². The Morgan fingerprint density at radius 2 is 0.781 bits per heavy atom. The van der Waals surface area contributed by atoms with Gasteiger partial charge in [0.05, 0.1) is 25.4 Å². The van der Waals surface area contributed by atoms with Crippen LogP contribution in [0.4, 0.5) is 0 Å². The molecule has 6 heteroatoms. The molecule has 2 unspecified atom stereocenters. The van der Waals surface area contributed by atoms with Gasteiger partial charge in [-0.15, -0.1) is 0 Å². The lowest BCUT2D eigenvalue weighted by Crippen LogP contribution is -2.45. The summed E-state index contributed by atoms with van der Waals surface area (Å²) in [5.41, 5.74) is 0. The first kappa shape index (κ1) is 62.3. The zero-order chi connectivity index (χ0) is 46.5. The van der Waals surface area contributed by atoms with Crippen molar-refractivity contribution in [3.63, 3.8) is 0 Å². The summed E-state index contributed by atoms with van der Waals surface area (Å²) in [4.78, 5) is 24.5. The Kier molecular flexibility index (Phi) is 52.6. The Bertz CT molecular complexity index is 997. The number of unbranched alkanes of at least 4 members (excludes halogenated alkanes) is 38. The molecule has 0 fully saturated rings. The summed E-state index contributed by atoms with van der Waals surface area (Å²) >= 11 is 0. The normalized spacial score (nSPS) is 12.8. The predicted molar refractivity (Wildman–Crippen MR) is 278 cm³/mol. The Morgan fingerprint density at radius 1 is 0.438 bits per heavy atom. The van der Waals surface area contributed by atoms with Crippen LogP contribution in [0.25, 0.3) is 0 Å². The van der Waals surface area contributed by atoms with Crippen molar-refractivity contribution >= 4 is 11.9 Å². The van der Waals surface area contributed by atoms with Gasteiger partial charge in [0.1, 0.15) is 0 Å². The summed E-state index contributed by atoms with van der Waals surface area (Å²) in [6.07, 6.45) is 64.6. The average molecular weight is 903 g/mol. The molecule has 0 aromatic rings. The maximum absolute atomic E-state index is 12.4. The lowest BCUT2D eigenvalue weighted by molar-refractivity contribution is -0.143. The van der Waals surface area contributed by atoms with Gasteiger partial charge in [-0.3, -0.25) is 9.59 Å². The van der Waals surface area contributed by atoms with E-state index in [9.17, 15) is 19.8 Å². The Labute approximate surface area is 399 Å². The molecule has 0 aliphatic carbocycles. The molecule has 0 saturated heterocycles. The number of amides is 1. The summed E-state index contributed by atoms with van der Waals surface area (Å²) in [6, 6.07) is -0.541. The maximum Gasteiger partial charge on any atom is 0.305 e. The van der Waals surface area contributed by atoms with Crippen LogP contribution in [0.1, 0.15) is 309 Å². The van der Waals surface area contributed by atoms with Gasteiger partial charge in [0.25, 0.3) is 0 Å². The van der Waals surface area contributed by atoms with Crippen molar-refractivity contribution in [3.05, 3.63) is 24.3 Å². The largest absolute Gasteiger partial charge is 0.466 e. The van der Waals surface area contributed by atoms with Gasteiger partial charge in [-0.05, 0) is 57.8 Å². The molecule has 0 aliphatic heterocycles. The molecular weight excluding hydrogens is 791 g/mol. The van der Waals surface area contributed by atoms with E-state index < -0.39 is 12.1 Å². The van der Waals surface area contributed by atoms with Crippen LogP contribution >= 0.6 is 0 Å². The predicted octanol–water partition coefficient (Wildman–Crippen LogP) is 17.5. The quantitative estimate of drug-likeness (QED) is 0.0321. The van der Waals surface area contributed by atoms with E-state index in [2.05, 4.69) is 43.5 Å².